The summed E-state index contributed by atoms with van der Waals surface area (Å²) in [5, 5.41) is 9.34. The number of hydrogen-bond donors (Lipinski definition) is 1. The van der Waals surface area contributed by atoms with E-state index in [1.807, 2.05) is 25.1 Å². The van der Waals surface area contributed by atoms with E-state index in [1.54, 1.807) is 0 Å². The molecule has 0 heterocycles. The zero-order valence-corrected chi connectivity index (χ0v) is 10.8. The highest BCUT2D eigenvalue weighted by atomic mass is 16.5. The zero-order chi connectivity index (χ0) is 12.3. The van der Waals surface area contributed by atoms with E-state index < -0.39 is 0 Å². The van der Waals surface area contributed by atoms with E-state index in [2.05, 4.69) is 6.92 Å². The number of aliphatic hydroxyl groups excluding tert-OH is 1. The van der Waals surface area contributed by atoms with Crippen molar-refractivity contribution in [3.8, 4) is 5.75 Å². The molecule has 0 bridgehead atoms. The van der Waals surface area contributed by atoms with Gasteiger partial charge in [-0.1, -0.05) is 31.5 Å². The molecule has 2 atom stereocenters. The number of aliphatic hydroxyl groups is 1. The van der Waals surface area contributed by atoms with Crippen molar-refractivity contribution in [3.05, 3.63) is 29.3 Å². The van der Waals surface area contributed by atoms with Gasteiger partial charge in [0.2, 0.25) is 0 Å². The summed E-state index contributed by atoms with van der Waals surface area (Å²) in [6.07, 6.45) is 5.18. The van der Waals surface area contributed by atoms with Gasteiger partial charge in [-0.25, -0.2) is 0 Å². The summed E-state index contributed by atoms with van der Waals surface area (Å²) < 4.78 is 6.12. The summed E-state index contributed by atoms with van der Waals surface area (Å²) in [5.41, 5.74) is 2.03. The van der Waals surface area contributed by atoms with Crippen LogP contribution < -0.4 is 4.74 Å². The molecular formula is C15H22O2. The van der Waals surface area contributed by atoms with Gasteiger partial charge in [-0.05, 0) is 37.7 Å². The summed E-state index contributed by atoms with van der Waals surface area (Å²) in [6.45, 7) is 4.39. The van der Waals surface area contributed by atoms with Gasteiger partial charge in [0.1, 0.15) is 5.75 Å². The second kappa shape index (κ2) is 5.54. The van der Waals surface area contributed by atoms with Crippen molar-refractivity contribution in [2.75, 3.05) is 0 Å². The molecule has 2 heteroatoms. The lowest BCUT2D eigenvalue weighted by molar-refractivity contribution is 0.124. The summed E-state index contributed by atoms with van der Waals surface area (Å²) in [4.78, 5) is 0. The molecule has 17 heavy (non-hydrogen) atoms. The predicted octanol–water partition coefficient (Wildman–Crippen LogP) is 3.44. The summed E-state index contributed by atoms with van der Waals surface area (Å²) in [6, 6.07) is 5.95. The Bertz CT molecular complexity index is 373. The third-order valence-electron chi connectivity index (χ3n) is 3.64. The lowest BCUT2D eigenvalue weighted by Gasteiger charge is -2.28. The number of benzene rings is 1. The molecule has 1 aromatic carbocycles. The Morgan fingerprint density at radius 1 is 1.35 bits per heavy atom. The van der Waals surface area contributed by atoms with Crippen molar-refractivity contribution in [1.82, 2.24) is 0 Å². The maximum atomic E-state index is 9.34. The predicted molar refractivity (Wildman–Crippen MR) is 69.1 cm³/mol. The second-order valence-electron chi connectivity index (χ2n) is 5.23. The average molecular weight is 234 g/mol. The van der Waals surface area contributed by atoms with E-state index >= 15 is 0 Å². The summed E-state index contributed by atoms with van der Waals surface area (Å²) in [5.74, 6) is 1.66. The van der Waals surface area contributed by atoms with Crippen LogP contribution in [0.1, 0.15) is 43.7 Å². The van der Waals surface area contributed by atoms with Crippen molar-refractivity contribution < 1.29 is 9.84 Å². The van der Waals surface area contributed by atoms with Crippen molar-refractivity contribution >= 4 is 0 Å². The van der Waals surface area contributed by atoms with Crippen molar-refractivity contribution in [2.45, 2.75) is 52.2 Å². The van der Waals surface area contributed by atoms with Gasteiger partial charge in [-0.3, -0.25) is 0 Å². The van der Waals surface area contributed by atoms with Gasteiger partial charge in [-0.15, -0.1) is 0 Å². The van der Waals surface area contributed by atoms with Crippen molar-refractivity contribution in [2.24, 2.45) is 5.92 Å². The topological polar surface area (TPSA) is 29.5 Å². The van der Waals surface area contributed by atoms with Gasteiger partial charge in [0, 0.05) is 5.56 Å². The summed E-state index contributed by atoms with van der Waals surface area (Å²) in [7, 11) is 0. The molecule has 1 fully saturated rings. The first-order chi connectivity index (χ1) is 8.20. The number of rotatable bonds is 3. The highest BCUT2D eigenvalue weighted by molar-refractivity contribution is 5.40. The fourth-order valence-corrected chi connectivity index (χ4v) is 2.66. The largest absolute Gasteiger partial charge is 0.490 e. The van der Waals surface area contributed by atoms with Crippen molar-refractivity contribution in [3.63, 3.8) is 0 Å². The zero-order valence-electron chi connectivity index (χ0n) is 10.8. The molecule has 0 amide bonds. The molecule has 0 spiro atoms. The minimum Gasteiger partial charge on any atom is -0.490 e. The Balaban J connectivity index is 2.12. The second-order valence-corrected chi connectivity index (χ2v) is 5.23. The monoisotopic (exact) mass is 234 g/mol. The van der Waals surface area contributed by atoms with Gasteiger partial charge in [0.05, 0.1) is 12.7 Å². The first-order valence-corrected chi connectivity index (χ1v) is 6.56. The van der Waals surface area contributed by atoms with Gasteiger partial charge in [0.25, 0.3) is 0 Å². The molecule has 1 aliphatic carbocycles. The SMILES string of the molecule is Cc1cccc(CO)c1OC1CCCC(C)C1. The highest BCUT2D eigenvalue weighted by Crippen LogP contribution is 2.31. The van der Waals surface area contributed by atoms with Crippen LogP contribution in [0, 0.1) is 12.8 Å². The Hall–Kier alpha value is -1.02. The molecule has 0 aromatic heterocycles. The van der Waals surface area contributed by atoms with E-state index in [0.717, 1.165) is 35.6 Å². The maximum absolute atomic E-state index is 9.34. The minimum atomic E-state index is 0.0548. The van der Waals surface area contributed by atoms with Crippen molar-refractivity contribution in [1.29, 1.82) is 0 Å². The number of para-hydroxylation sites is 1. The molecule has 1 N–H and O–H groups in total. The Morgan fingerprint density at radius 3 is 2.88 bits per heavy atom. The van der Waals surface area contributed by atoms with Gasteiger partial charge >= 0.3 is 0 Å². The molecule has 94 valence electrons. The van der Waals surface area contributed by atoms with E-state index in [1.165, 1.54) is 12.8 Å². The van der Waals surface area contributed by atoms with Gasteiger partial charge in [-0.2, -0.15) is 0 Å². The van der Waals surface area contributed by atoms with Gasteiger partial charge in [0.15, 0.2) is 0 Å². The molecule has 1 aromatic rings. The molecule has 2 rings (SSSR count). The third kappa shape index (κ3) is 3.01. The lowest BCUT2D eigenvalue weighted by atomic mass is 9.88. The first-order valence-electron chi connectivity index (χ1n) is 6.56. The number of aryl methyl sites for hydroxylation is 1. The minimum absolute atomic E-state index is 0.0548. The van der Waals surface area contributed by atoms with E-state index in [9.17, 15) is 5.11 Å². The molecule has 0 saturated heterocycles. The fourth-order valence-electron chi connectivity index (χ4n) is 2.66. The Labute approximate surface area is 104 Å². The smallest absolute Gasteiger partial charge is 0.128 e. The first kappa shape index (κ1) is 12.4. The van der Waals surface area contributed by atoms with Crippen LogP contribution in [0.2, 0.25) is 0 Å². The standard InChI is InChI=1S/C15H22O2/c1-11-5-3-8-14(9-11)17-15-12(2)6-4-7-13(15)10-16/h4,6-7,11,14,16H,3,5,8-10H2,1-2H3. The van der Waals surface area contributed by atoms with Crippen LogP contribution in [0.4, 0.5) is 0 Å². The van der Waals surface area contributed by atoms with Crippen LogP contribution in [0.15, 0.2) is 18.2 Å². The number of ether oxygens (including phenoxy) is 1. The van der Waals surface area contributed by atoms with Crippen LogP contribution in [0.3, 0.4) is 0 Å². The van der Waals surface area contributed by atoms with Gasteiger partial charge < -0.3 is 9.84 Å². The maximum Gasteiger partial charge on any atom is 0.128 e. The van der Waals surface area contributed by atoms with Crippen LogP contribution in [-0.2, 0) is 6.61 Å². The van der Waals surface area contributed by atoms with Crippen LogP contribution in [-0.4, -0.2) is 11.2 Å². The van der Waals surface area contributed by atoms with E-state index in [0.29, 0.717) is 6.10 Å². The molecule has 0 aliphatic heterocycles. The molecule has 1 saturated carbocycles. The summed E-state index contributed by atoms with van der Waals surface area (Å²) >= 11 is 0. The molecular weight excluding hydrogens is 212 g/mol. The molecule has 2 unspecified atom stereocenters. The molecule has 2 nitrogen and oxygen atoms in total. The highest BCUT2D eigenvalue weighted by Gasteiger charge is 2.21. The number of hydrogen-bond acceptors (Lipinski definition) is 2. The fraction of sp³-hybridized carbons (Fsp3) is 0.600. The third-order valence-corrected chi connectivity index (χ3v) is 3.64. The van der Waals surface area contributed by atoms with Crippen LogP contribution in [0.5, 0.6) is 5.75 Å². The van der Waals surface area contributed by atoms with Crippen LogP contribution >= 0.6 is 0 Å². The molecule has 0 radical (unpaired) electrons. The quantitative estimate of drug-likeness (QED) is 0.868. The van der Waals surface area contributed by atoms with E-state index in [-0.39, 0.29) is 6.61 Å². The average Bonchev–Trinajstić information content (AvgIpc) is 2.32. The normalized spacial score (nSPS) is 24.6. The Morgan fingerprint density at radius 2 is 2.18 bits per heavy atom. The Kier molecular flexibility index (Phi) is 4.06. The lowest BCUT2D eigenvalue weighted by Crippen LogP contribution is -2.24. The van der Waals surface area contributed by atoms with E-state index in [4.69, 9.17) is 4.74 Å². The molecule has 1 aliphatic rings. The van der Waals surface area contributed by atoms with Crippen LogP contribution in [0.25, 0.3) is 0 Å².